The Morgan fingerprint density at radius 1 is 0.977 bits per heavy atom. The number of fused-ring (bicyclic) bond motifs is 1. The van der Waals surface area contributed by atoms with E-state index in [4.69, 9.17) is 14.5 Å². The van der Waals surface area contributed by atoms with Gasteiger partial charge in [-0.05, 0) is 69.3 Å². The molecule has 43 heavy (non-hydrogen) atoms. The van der Waals surface area contributed by atoms with E-state index >= 15 is 0 Å². The molecule has 2 fully saturated rings. The first-order valence-corrected chi connectivity index (χ1v) is 18.7. The molecule has 14 heteroatoms. The number of aromatic nitrogens is 3. The van der Waals surface area contributed by atoms with E-state index in [1.807, 2.05) is 41.1 Å². The number of anilines is 1. The van der Waals surface area contributed by atoms with Gasteiger partial charge in [-0.2, -0.15) is 4.98 Å². The lowest BCUT2D eigenvalue weighted by atomic mass is 9.92. The Hall–Kier alpha value is -2.78. The van der Waals surface area contributed by atoms with Crippen LogP contribution in [0.4, 0.5) is 5.95 Å². The molecule has 1 saturated carbocycles. The van der Waals surface area contributed by atoms with Crippen LogP contribution in [0.15, 0.2) is 42.7 Å². The Morgan fingerprint density at radius 3 is 2.51 bits per heavy atom. The lowest BCUT2D eigenvalue weighted by Gasteiger charge is -2.30. The summed E-state index contributed by atoms with van der Waals surface area (Å²) < 4.78 is 64.3. The van der Waals surface area contributed by atoms with Gasteiger partial charge in [0.05, 0.1) is 36.8 Å². The minimum absolute atomic E-state index is 0.0484. The predicted octanol–water partition coefficient (Wildman–Crippen LogP) is 2.60. The number of rotatable bonds is 14. The van der Waals surface area contributed by atoms with Crippen LogP contribution in [0.5, 0.6) is 5.75 Å². The van der Waals surface area contributed by atoms with Crippen molar-refractivity contribution in [3.05, 3.63) is 42.7 Å². The molecule has 3 aromatic rings. The quantitative estimate of drug-likeness (QED) is 0.254. The highest BCUT2D eigenvalue weighted by atomic mass is 32.2. The van der Waals surface area contributed by atoms with Gasteiger partial charge in [0.1, 0.15) is 21.4 Å². The third kappa shape index (κ3) is 9.35. The number of nitrogens with zero attached hydrogens (tertiary/aromatic N) is 4. The van der Waals surface area contributed by atoms with Crippen LogP contribution < -0.4 is 14.8 Å². The summed E-state index contributed by atoms with van der Waals surface area (Å²) in [5, 5.41) is 4.35. The molecular formula is C29H42N6O6S2. The maximum atomic E-state index is 12.7. The second-order valence-corrected chi connectivity index (χ2v) is 15.5. The van der Waals surface area contributed by atoms with Crippen LogP contribution in [0, 0.1) is 0 Å². The Labute approximate surface area is 254 Å². The van der Waals surface area contributed by atoms with Crippen LogP contribution in [0.2, 0.25) is 0 Å². The molecule has 0 spiro atoms. The van der Waals surface area contributed by atoms with E-state index in [-0.39, 0.29) is 23.6 Å². The van der Waals surface area contributed by atoms with E-state index in [2.05, 4.69) is 19.9 Å². The highest BCUT2D eigenvalue weighted by Crippen LogP contribution is 2.29. The predicted molar refractivity (Wildman–Crippen MR) is 167 cm³/mol. The number of sulfone groups is 1. The zero-order valence-corrected chi connectivity index (χ0v) is 26.3. The summed E-state index contributed by atoms with van der Waals surface area (Å²) in [5.74, 6) is 2.17. The van der Waals surface area contributed by atoms with E-state index in [1.165, 1.54) is 6.26 Å². The Morgan fingerprint density at radius 2 is 1.74 bits per heavy atom. The van der Waals surface area contributed by atoms with Crippen molar-refractivity contribution in [3.63, 3.8) is 0 Å². The minimum Gasteiger partial charge on any atom is -0.493 e. The molecule has 2 aromatic heterocycles. The molecule has 2 aliphatic rings. The van der Waals surface area contributed by atoms with Crippen LogP contribution in [-0.4, -0.2) is 106 Å². The van der Waals surface area contributed by atoms with E-state index in [1.54, 1.807) is 6.20 Å². The summed E-state index contributed by atoms with van der Waals surface area (Å²) >= 11 is 0. The standard InChI is InChI=1S/C29H42N6O6S2/c1-42(36,37)21-4-18-41-27-6-2-5-26-25(27)12-15-35(26)28-11-13-30-29(32-28)31-23-7-9-24(10-8-23)33-43(38,39)22-3-14-34-16-19-40-20-17-34/h2,5-6,11-13,15,23-24,33H,3-4,7-10,14,16-22H2,1H3,(H,30,31,32)/t23-,24-. The average molecular weight is 635 g/mol. The Balaban J connectivity index is 1.12. The van der Waals surface area contributed by atoms with Gasteiger partial charge in [-0.1, -0.05) is 6.07 Å². The second-order valence-electron chi connectivity index (χ2n) is 11.4. The summed E-state index contributed by atoms with van der Waals surface area (Å²) in [7, 11) is -6.33. The van der Waals surface area contributed by atoms with Crippen LogP contribution in [-0.2, 0) is 24.6 Å². The summed E-state index contributed by atoms with van der Waals surface area (Å²) in [6.07, 6.45) is 9.09. The molecular weight excluding hydrogens is 592 g/mol. The first-order chi connectivity index (χ1) is 20.7. The molecule has 1 aliphatic carbocycles. The van der Waals surface area contributed by atoms with Crippen molar-refractivity contribution in [2.45, 2.75) is 50.6 Å². The first-order valence-electron chi connectivity index (χ1n) is 15.0. The molecule has 1 saturated heterocycles. The number of hydrogen-bond acceptors (Lipinski definition) is 10. The smallest absolute Gasteiger partial charge is 0.224 e. The number of sulfonamides is 1. The van der Waals surface area contributed by atoms with Gasteiger partial charge < -0.3 is 19.4 Å². The summed E-state index contributed by atoms with van der Waals surface area (Å²) in [5.41, 5.74) is 0.919. The number of nitrogens with one attached hydrogen (secondary N) is 2. The number of morpholine rings is 1. The average Bonchev–Trinajstić information content (AvgIpc) is 3.41. The zero-order valence-electron chi connectivity index (χ0n) is 24.7. The lowest BCUT2D eigenvalue weighted by Crippen LogP contribution is -2.42. The van der Waals surface area contributed by atoms with Crippen LogP contribution >= 0.6 is 0 Å². The molecule has 0 amide bonds. The van der Waals surface area contributed by atoms with Crippen molar-refractivity contribution in [2.75, 3.05) is 62.5 Å². The SMILES string of the molecule is CS(=O)(=O)CCCOc1cccc2c1ccn2-c1ccnc(N[C@H]2CC[C@H](NS(=O)(=O)CCCN3CCOCC3)CC2)n1. The lowest BCUT2D eigenvalue weighted by molar-refractivity contribution is 0.0381. The second kappa shape index (κ2) is 14.3. The van der Waals surface area contributed by atoms with Crippen molar-refractivity contribution in [1.29, 1.82) is 0 Å². The van der Waals surface area contributed by atoms with Gasteiger partial charge in [-0.15, -0.1) is 0 Å². The fourth-order valence-electron chi connectivity index (χ4n) is 5.68. The van der Waals surface area contributed by atoms with Gasteiger partial charge in [-0.3, -0.25) is 4.90 Å². The number of benzene rings is 1. The monoisotopic (exact) mass is 634 g/mol. The molecule has 0 bridgehead atoms. The third-order valence-electron chi connectivity index (χ3n) is 7.90. The molecule has 0 atom stereocenters. The first kappa shape index (κ1) is 31.6. The number of ether oxygens (including phenoxy) is 2. The molecule has 0 unspecified atom stereocenters. The topological polar surface area (TPSA) is 145 Å². The van der Waals surface area contributed by atoms with Crippen LogP contribution in [0.1, 0.15) is 38.5 Å². The summed E-state index contributed by atoms with van der Waals surface area (Å²) in [4.78, 5) is 11.4. The van der Waals surface area contributed by atoms with Gasteiger partial charge in [-0.25, -0.2) is 26.5 Å². The summed E-state index contributed by atoms with van der Waals surface area (Å²) in [6, 6.07) is 9.68. The molecule has 12 nitrogen and oxygen atoms in total. The molecule has 0 radical (unpaired) electrons. The van der Waals surface area contributed by atoms with Crippen molar-refractivity contribution >= 4 is 36.7 Å². The van der Waals surface area contributed by atoms with Gasteiger partial charge in [0.25, 0.3) is 0 Å². The fraction of sp³-hybridized carbons (Fsp3) is 0.586. The van der Waals surface area contributed by atoms with Gasteiger partial charge in [0.15, 0.2) is 0 Å². The van der Waals surface area contributed by atoms with E-state index in [0.29, 0.717) is 37.0 Å². The maximum absolute atomic E-state index is 12.7. The summed E-state index contributed by atoms with van der Waals surface area (Å²) in [6.45, 7) is 4.26. The zero-order chi connectivity index (χ0) is 30.3. The van der Waals surface area contributed by atoms with Crippen molar-refractivity contribution in [2.24, 2.45) is 0 Å². The van der Waals surface area contributed by atoms with Crippen molar-refractivity contribution in [3.8, 4) is 11.6 Å². The highest BCUT2D eigenvalue weighted by molar-refractivity contribution is 7.90. The fourth-order valence-corrected chi connectivity index (χ4v) is 7.69. The van der Waals surface area contributed by atoms with Crippen molar-refractivity contribution in [1.82, 2.24) is 24.2 Å². The Bertz CT molecular complexity index is 1570. The molecule has 2 N–H and O–H groups in total. The molecule has 5 rings (SSSR count). The van der Waals surface area contributed by atoms with Gasteiger partial charge >= 0.3 is 0 Å². The maximum Gasteiger partial charge on any atom is 0.224 e. The van der Waals surface area contributed by atoms with Gasteiger partial charge in [0.2, 0.25) is 16.0 Å². The normalized spacial score (nSPS) is 20.3. The van der Waals surface area contributed by atoms with Crippen LogP contribution in [0.3, 0.4) is 0 Å². The number of hydrogen-bond donors (Lipinski definition) is 2. The highest BCUT2D eigenvalue weighted by Gasteiger charge is 2.25. The third-order valence-corrected chi connectivity index (χ3v) is 10.4. The van der Waals surface area contributed by atoms with E-state index in [9.17, 15) is 16.8 Å². The molecule has 236 valence electrons. The Kier molecular flexibility index (Phi) is 10.5. The van der Waals surface area contributed by atoms with E-state index < -0.39 is 19.9 Å². The minimum atomic E-state index is -3.31. The largest absolute Gasteiger partial charge is 0.493 e. The van der Waals surface area contributed by atoms with Gasteiger partial charge in [0, 0.05) is 49.2 Å². The molecule has 1 aromatic carbocycles. The van der Waals surface area contributed by atoms with E-state index in [0.717, 1.165) is 69.4 Å². The van der Waals surface area contributed by atoms with Crippen LogP contribution in [0.25, 0.3) is 16.7 Å². The van der Waals surface area contributed by atoms with Crippen molar-refractivity contribution < 1.29 is 26.3 Å². The molecule has 1 aliphatic heterocycles. The molecule has 3 heterocycles.